The topological polar surface area (TPSA) is 23.5 Å². The Morgan fingerprint density at radius 2 is 2.00 bits per heavy atom. The van der Waals surface area contributed by atoms with Gasteiger partial charge in [-0.3, -0.25) is 10.3 Å². The van der Waals surface area contributed by atoms with Crippen molar-refractivity contribution in [1.82, 2.24) is 0 Å². The Kier molecular flexibility index (Phi) is 1.42. The Bertz CT molecular complexity index is 306. The van der Waals surface area contributed by atoms with Gasteiger partial charge in [0.05, 0.1) is 12.2 Å². The van der Waals surface area contributed by atoms with Gasteiger partial charge in [0, 0.05) is 5.41 Å². The van der Waals surface area contributed by atoms with Crippen LogP contribution in [0.3, 0.4) is 0 Å². The van der Waals surface area contributed by atoms with Gasteiger partial charge >= 0.3 is 0 Å². The van der Waals surface area contributed by atoms with Gasteiger partial charge in [0.2, 0.25) is 0 Å². The Hall–Kier alpha value is -1.02. The van der Waals surface area contributed by atoms with Crippen molar-refractivity contribution in [3.05, 3.63) is 29.8 Å². The molecule has 0 radical (unpaired) electrons. The molecule has 0 spiro atoms. The molecule has 12 heavy (non-hydrogen) atoms. The molecule has 0 fully saturated rings. The van der Waals surface area contributed by atoms with Crippen LogP contribution in [0.1, 0.15) is 19.4 Å². The molecule has 0 aliphatic carbocycles. The molecule has 1 aliphatic heterocycles. The zero-order chi connectivity index (χ0) is 8.77. The van der Waals surface area contributed by atoms with Gasteiger partial charge in [-0.25, -0.2) is 0 Å². The van der Waals surface area contributed by atoms with E-state index in [1.807, 2.05) is 18.2 Å². The first-order valence-corrected chi connectivity index (χ1v) is 4.17. The van der Waals surface area contributed by atoms with Crippen LogP contribution in [-0.4, -0.2) is 11.8 Å². The van der Waals surface area contributed by atoms with Crippen molar-refractivity contribution < 1.29 is 5.21 Å². The molecule has 0 unspecified atom stereocenters. The molecule has 2 rings (SSSR count). The van der Waals surface area contributed by atoms with Gasteiger partial charge in [-0.05, 0) is 11.6 Å². The quantitative estimate of drug-likeness (QED) is 0.633. The van der Waals surface area contributed by atoms with Crippen molar-refractivity contribution in [2.24, 2.45) is 0 Å². The molecular weight excluding hydrogens is 150 g/mol. The van der Waals surface area contributed by atoms with Crippen molar-refractivity contribution in [3.8, 4) is 0 Å². The fourth-order valence-corrected chi connectivity index (χ4v) is 1.82. The second-order valence-electron chi connectivity index (χ2n) is 3.96. The highest BCUT2D eigenvalue weighted by Gasteiger charge is 2.33. The minimum atomic E-state index is 0.0747. The highest BCUT2D eigenvalue weighted by Crippen LogP contribution is 2.38. The van der Waals surface area contributed by atoms with Crippen LogP contribution < -0.4 is 5.06 Å². The first-order valence-electron chi connectivity index (χ1n) is 4.17. The van der Waals surface area contributed by atoms with Crippen molar-refractivity contribution in [2.45, 2.75) is 19.3 Å². The largest absolute Gasteiger partial charge is 0.288 e. The summed E-state index contributed by atoms with van der Waals surface area (Å²) in [5, 5.41) is 10.9. The molecule has 0 saturated heterocycles. The number of nitrogens with zero attached hydrogens (tertiary/aromatic N) is 1. The lowest BCUT2D eigenvalue weighted by molar-refractivity contribution is 0.247. The maximum atomic E-state index is 9.55. The summed E-state index contributed by atoms with van der Waals surface area (Å²) in [4.78, 5) is 0. The summed E-state index contributed by atoms with van der Waals surface area (Å²) < 4.78 is 0. The van der Waals surface area contributed by atoms with E-state index in [-0.39, 0.29) is 5.41 Å². The molecule has 1 aromatic rings. The zero-order valence-electron chi connectivity index (χ0n) is 7.41. The number of anilines is 1. The third kappa shape index (κ3) is 0.916. The zero-order valence-corrected chi connectivity index (χ0v) is 7.41. The Labute approximate surface area is 72.4 Å². The number of hydrogen-bond donors (Lipinski definition) is 1. The highest BCUT2D eigenvalue weighted by atomic mass is 16.5. The van der Waals surface area contributed by atoms with E-state index >= 15 is 0 Å². The predicted octanol–water partition coefficient (Wildman–Crippen LogP) is 2.17. The molecule has 64 valence electrons. The molecule has 2 heteroatoms. The van der Waals surface area contributed by atoms with E-state index in [1.165, 1.54) is 10.6 Å². The van der Waals surface area contributed by atoms with E-state index in [4.69, 9.17) is 0 Å². The van der Waals surface area contributed by atoms with E-state index in [0.717, 1.165) is 5.69 Å². The average molecular weight is 163 g/mol. The van der Waals surface area contributed by atoms with Gasteiger partial charge in [-0.1, -0.05) is 32.0 Å². The van der Waals surface area contributed by atoms with Crippen molar-refractivity contribution in [1.29, 1.82) is 0 Å². The van der Waals surface area contributed by atoms with E-state index in [1.54, 1.807) is 0 Å². The smallest absolute Gasteiger partial charge is 0.0672 e. The molecular formula is C10H13NO. The summed E-state index contributed by atoms with van der Waals surface area (Å²) in [5.74, 6) is 0. The average Bonchev–Trinajstić information content (AvgIpc) is 2.25. The van der Waals surface area contributed by atoms with Crippen LogP contribution in [0, 0.1) is 0 Å². The third-order valence-electron chi connectivity index (χ3n) is 2.46. The first kappa shape index (κ1) is 7.62. The standard InChI is InChI=1S/C10H13NO/c1-10(2)7-11(12)9-6-4-3-5-8(9)10/h3-6,12H,7H2,1-2H3. The molecule has 1 heterocycles. The summed E-state index contributed by atoms with van der Waals surface area (Å²) >= 11 is 0. The molecule has 0 aromatic heterocycles. The Balaban J connectivity index is 2.58. The second-order valence-corrected chi connectivity index (χ2v) is 3.96. The van der Waals surface area contributed by atoms with Gasteiger partial charge in [-0.2, -0.15) is 0 Å². The molecule has 1 aromatic carbocycles. The van der Waals surface area contributed by atoms with Crippen LogP contribution in [0.15, 0.2) is 24.3 Å². The van der Waals surface area contributed by atoms with E-state index in [0.29, 0.717) is 6.54 Å². The lowest BCUT2D eigenvalue weighted by Crippen LogP contribution is -2.25. The van der Waals surface area contributed by atoms with Crippen molar-refractivity contribution in [3.63, 3.8) is 0 Å². The molecule has 1 aliphatic rings. The molecule has 0 atom stereocenters. The predicted molar refractivity (Wildman–Crippen MR) is 48.6 cm³/mol. The van der Waals surface area contributed by atoms with Crippen molar-refractivity contribution >= 4 is 5.69 Å². The number of benzene rings is 1. The number of para-hydroxylation sites is 1. The highest BCUT2D eigenvalue weighted by molar-refractivity contribution is 5.59. The number of fused-ring (bicyclic) bond motifs is 1. The van der Waals surface area contributed by atoms with Crippen LogP contribution >= 0.6 is 0 Å². The Morgan fingerprint density at radius 3 is 2.67 bits per heavy atom. The van der Waals surface area contributed by atoms with Crippen LogP contribution in [0.2, 0.25) is 0 Å². The molecule has 0 saturated carbocycles. The summed E-state index contributed by atoms with van der Waals surface area (Å²) in [6, 6.07) is 7.98. The van der Waals surface area contributed by atoms with Gasteiger partial charge in [0.15, 0.2) is 0 Å². The first-order chi connectivity index (χ1) is 5.61. The normalized spacial score (nSPS) is 19.4. The van der Waals surface area contributed by atoms with Crippen LogP contribution in [0.5, 0.6) is 0 Å². The maximum Gasteiger partial charge on any atom is 0.0672 e. The summed E-state index contributed by atoms with van der Waals surface area (Å²) in [6.07, 6.45) is 0. The summed E-state index contributed by atoms with van der Waals surface area (Å²) in [6.45, 7) is 4.97. The van der Waals surface area contributed by atoms with E-state index in [9.17, 15) is 5.21 Å². The summed E-state index contributed by atoms with van der Waals surface area (Å²) in [5.41, 5.74) is 2.25. The fraction of sp³-hybridized carbons (Fsp3) is 0.400. The van der Waals surface area contributed by atoms with E-state index in [2.05, 4.69) is 19.9 Å². The lowest BCUT2D eigenvalue weighted by atomic mass is 9.87. The minimum Gasteiger partial charge on any atom is -0.288 e. The molecule has 0 amide bonds. The SMILES string of the molecule is CC1(C)CN(O)c2ccccc21. The third-order valence-corrected chi connectivity index (χ3v) is 2.46. The van der Waals surface area contributed by atoms with Gasteiger partial charge < -0.3 is 0 Å². The summed E-state index contributed by atoms with van der Waals surface area (Å²) in [7, 11) is 0. The van der Waals surface area contributed by atoms with Gasteiger partial charge in [0.1, 0.15) is 0 Å². The number of hydroxylamine groups is 1. The van der Waals surface area contributed by atoms with E-state index < -0.39 is 0 Å². The molecule has 1 N–H and O–H groups in total. The maximum absolute atomic E-state index is 9.55. The van der Waals surface area contributed by atoms with Crippen LogP contribution in [0.4, 0.5) is 5.69 Å². The monoisotopic (exact) mass is 163 g/mol. The lowest BCUT2D eigenvalue weighted by Gasteiger charge is -2.17. The second kappa shape index (κ2) is 2.23. The van der Waals surface area contributed by atoms with Crippen LogP contribution in [-0.2, 0) is 5.41 Å². The van der Waals surface area contributed by atoms with Crippen LogP contribution in [0.25, 0.3) is 0 Å². The molecule has 0 bridgehead atoms. The molecule has 2 nitrogen and oxygen atoms in total. The minimum absolute atomic E-state index is 0.0747. The number of hydrogen-bond acceptors (Lipinski definition) is 2. The van der Waals surface area contributed by atoms with Gasteiger partial charge in [0.25, 0.3) is 0 Å². The van der Waals surface area contributed by atoms with Crippen molar-refractivity contribution in [2.75, 3.05) is 11.6 Å². The van der Waals surface area contributed by atoms with Gasteiger partial charge in [-0.15, -0.1) is 0 Å². The fourth-order valence-electron chi connectivity index (χ4n) is 1.82. The Morgan fingerprint density at radius 1 is 1.33 bits per heavy atom. The number of rotatable bonds is 0.